The Balaban J connectivity index is 2.81. The molecular formula is C3H7N2O. The molecule has 6 heavy (non-hydrogen) atoms. The molecule has 1 unspecified atom stereocenters. The van der Waals surface area contributed by atoms with Crippen LogP contribution in [0.15, 0.2) is 5.29 Å². The summed E-state index contributed by atoms with van der Waals surface area (Å²) < 4.78 is 0. The minimum atomic E-state index is -0.0810. The van der Waals surface area contributed by atoms with Crippen molar-refractivity contribution in [2.24, 2.45) is 5.29 Å². The first kappa shape index (κ1) is 5.40. The molecule has 0 spiro atoms. The van der Waals surface area contributed by atoms with Crippen molar-refractivity contribution < 1.29 is 0 Å². The van der Waals surface area contributed by atoms with Crippen LogP contribution >= 0.6 is 0 Å². The van der Waals surface area contributed by atoms with Gasteiger partial charge in [-0.3, -0.25) is 5.43 Å². The van der Waals surface area contributed by atoms with E-state index in [2.05, 4.69) is 17.6 Å². The molecule has 1 N–H and O–H groups in total. The molecule has 0 aromatic carbocycles. The minimum absolute atomic E-state index is 0.0810. The van der Waals surface area contributed by atoms with Gasteiger partial charge >= 0.3 is 0 Å². The Kier molecular flexibility index (Phi) is 2.36. The van der Waals surface area contributed by atoms with Gasteiger partial charge in [-0.1, -0.05) is 0 Å². The Morgan fingerprint density at radius 3 is 2.50 bits per heavy atom. The Bertz CT molecular complexity index is 44.1. The van der Waals surface area contributed by atoms with E-state index in [9.17, 15) is 4.91 Å². The topological polar surface area (TPSA) is 41.5 Å². The van der Waals surface area contributed by atoms with Crippen molar-refractivity contribution in [3.05, 3.63) is 11.8 Å². The molecule has 0 saturated heterocycles. The molecule has 0 fully saturated rings. The summed E-state index contributed by atoms with van der Waals surface area (Å²) in [5.74, 6) is 0. The molecule has 0 aliphatic rings. The zero-order valence-electron chi connectivity index (χ0n) is 3.64. The van der Waals surface area contributed by atoms with Crippen molar-refractivity contribution in [3.8, 4) is 0 Å². The van der Waals surface area contributed by atoms with Crippen molar-refractivity contribution in [3.63, 3.8) is 0 Å². The summed E-state index contributed by atoms with van der Waals surface area (Å²) in [4.78, 5) is 9.21. The number of nitroso groups, excluding NO2 is 1. The second kappa shape index (κ2) is 2.63. The van der Waals surface area contributed by atoms with E-state index < -0.39 is 0 Å². The summed E-state index contributed by atoms with van der Waals surface area (Å²) in [6.45, 7) is 5.16. The molecule has 0 heterocycles. The SMILES string of the molecule is [CH2]C(C)NN=O. The number of hydrogen-bond donors (Lipinski definition) is 1. The quantitative estimate of drug-likeness (QED) is 0.393. The predicted octanol–water partition coefficient (Wildman–Crippen LogP) is 0.480. The van der Waals surface area contributed by atoms with Gasteiger partial charge in [0, 0.05) is 11.3 Å². The molecule has 0 rings (SSSR count). The first-order valence-electron chi connectivity index (χ1n) is 1.68. The lowest BCUT2D eigenvalue weighted by molar-refractivity contribution is 0.663. The van der Waals surface area contributed by atoms with Crippen molar-refractivity contribution >= 4 is 0 Å². The molecule has 35 valence electrons. The highest BCUT2D eigenvalue weighted by Gasteiger charge is 1.82. The maximum Gasteiger partial charge on any atom is 0.0498 e. The highest BCUT2D eigenvalue weighted by molar-refractivity contribution is 4.55. The van der Waals surface area contributed by atoms with E-state index >= 15 is 0 Å². The number of hydrogen-bond acceptors (Lipinski definition) is 2. The van der Waals surface area contributed by atoms with Gasteiger partial charge < -0.3 is 0 Å². The summed E-state index contributed by atoms with van der Waals surface area (Å²) in [6.07, 6.45) is 0. The van der Waals surface area contributed by atoms with Gasteiger partial charge in [-0.05, 0) is 13.8 Å². The maximum absolute atomic E-state index is 9.21. The van der Waals surface area contributed by atoms with Crippen LogP contribution in [0.1, 0.15) is 6.92 Å². The van der Waals surface area contributed by atoms with Gasteiger partial charge in [-0.15, -0.1) is 4.91 Å². The third-order valence-electron chi connectivity index (χ3n) is 0.273. The third kappa shape index (κ3) is 3.40. The monoisotopic (exact) mass is 87.1 g/mol. The Morgan fingerprint density at radius 1 is 2.00 bits per heavy atom. The summed E-state index contributed by atoms with van der Waals surface area (Å²) in [6, 6.07) is -0.0810. The summed E-state index contributed by atoms with van der Waals surface area (Å²) >= 11 is 0. The number of rotatable bonds is 2. The fourth-order valence-electron chi connectivity index (χ4n) is 0.0900. The van der Waals surface area contributed by atoms with E-state index in [4.69, 9.17) is 0 Å². The fraction of sp³-hybridized carbons (Fsp3) is 0.667. The van der Waals surface area contributed by atoms with Crippen LogP contribution < -0.4 is 5.43 Å². The van der Waals surface area contributed by atoms with Crippen LogP contribution in [0.4, 0.5) is 0 Å². The summed E-state index contributed by atoms with van der Waals surface area (Å²) in [7, 11) is 0. The van der Waals surface area contributed by atoms with Gasteiger partial charge in [0.2, 0.25) is 0 Å². The molecule has 3 nitrogen and oxygen atoms in total. The maximum atomic E-state index is 9.21. The van der Waals surface area contributed by atoms with E-state index in [1.54, 1.807) is 6.92 Å². The smallest absolute Gasteiger partial charge is 0.0498 e. The van der Waals surface area contributed by atoms with Crippen LogP contribution in [-0.4, -0.2) is 6.04 Å². The molecule has 0 aliphatic carbocycles. The Labute approximate surface area is 36.7 Å². The molecule has 0 bridgehead atoms. The zero-order chi connectivity index (χ0) is 4.99. The van der Waals surface area contributed by atoms with Crippen LogP contribution in [-0.2, 0) is 0 Å². The van der Waals surface area contributed by atoms with E-state index in [0.29, 0.717) is 0 Å². The van der Waals surface area contributed by atoms with Gasteiger partial charge in [0.25, 0.3) is 0 Å². The second-order valence-electron chi connectivity index (χ2n) is 1.12. The van der Waals surface area contributed by atoms with Crippen LogP contribution in [0, 0.1) is 11.8 Å². The highest BCUT2D eigenvalue weighted by Crippen LogP contribution is 1.70. The summed E-state index contributed by atoms with van der Waals surface area (Å²) in [5, 5.41) is 2.37. The zero-order valence-corrected chi connectivity index (χ0v) is 3.64. The first-order chi connectivity index (χ1) is 2.77. The van der Waals surface area contributed by atoms with Crippen molar-refractivity contribution in [2.45, 2.75) is 13.0 Å². The molecule has 3 heteroatoms. The minimum Gasteiger partial charge on any atom is -0.271 e. The second-order valence-corrected chi connectivity index (χ2v) is 1.12. The predicted molar refractivity (Wildman–Crippen MR) is 23.7 cm³/mol. The first-order valence-corrected chi connectivity index (χ1v) is 1.68. The third-order valence-corrected chi connectivity index (χ3v) is 0.273. The van der Waals surface area contributed by atoms with Crippen LogP contribution in [0.2, 0.25) is 0 Å². The molecular weight excluding hydrogens is 80.0 g/mol. The van der Waals surface area contributed by atoms with E-state index in [0.717, 1.165) is 0 Å². The van der Waals surface area contributed by atoms with Crippen LogP contribution in [0.5, 0.6) is 0 Å². The number of nitrogens with one attached hydrogen (secondary N) is 1. The normalized spacial score (nSPS) is 8.50. The molecule has 1 atom stereocenters. The molecule has 0 aromatic heterocycles. The number of nitrogens with zero attached hydrogens (tertiary/aromatic N) is 1. The van der Waals surface area contributed by atoms with Crippen molar-refractivity contribution in [1.82, 2.24) is 5.43 Å². The van der Waals surface area contributed by atoms with Gasteiger partial charge in [-0.25, -0.2) is 0 Å². The Morgan fingerprint density at radius 2 is 2.50 bits per heavy atom. The van der Waals surface area contributed by atoms with Crippen molar-refractivity contribution in [2.75, 3.05) is 0 Å². The van der Waals surface area contributed by atoms with Crippen molar-refractivity contribution in [1.29, 1.82) is 0 Å². The molecule has 0 aliphatic heterocycles. The van der Waals surface area contributed by atoms with Gasteiger partial charge in [-0.2, -0.15) is 0 Å². The molecule has 0 amide bonds. The lowest BCUT2D eigenvalue weighted by Crippen LogP contribution is -2.14. The van der Waals surface area contributed by atoms with Gasteiger partial charge in [0.05, 0.1) is 0 Å². The van der Waals surface area contributed by atoms with E-state index in [-0.39, 0.29) is 6.04 Å². The highest BCUT2D eigenvalue weighted by atomic mass is 16.3. The van der Waals surface area contributed by atoms with Gasteiger partial charge in [0.1, 0.15) is 0 Å². The van der Waals surface area contributed by atoms with Crippen LogP contribution in [0.25, 0.3) is 0 Å². The largest absolute Gasteiger partial charge is 0.271 e. The van der Waals surface area contributed by atoms with Gasteiger partial charge in [0.15, 0.2) is 0 Å². The summed E-state index contributed by atoms with van der Waals surface area (Å²) in [5.41, 5.74) is 2.17. The Hall–Kier alpha value is -0.600. The average molecular weight is 87.1 g/mol. The lowest BCUT2D eigenvalue weighted by atomic mass is 10.4. The fourth-order valence-corrected chi connectivity index (χ4v) is 0.0900. The molecule has 1 radical (unpaired) electrons. The standard InChI is InChI=1S/C3H7N2O/c1-3(2)4-5-6/h3H,1H2,2H3,(H,4,6). The van der Waals surface area contributed by atoms with E-state index in [1.165, 1.54) is 0 Å². The molecule has 0 aromatic rings. The lowest BCUT2D eigenvalue weighted by Gasteiger charge is -1.93. The molecule has 0 saturated carbocycles. The average Bonchev–Trinajstić information content (AvgIpc) is 1.35. The van der Waals surface area contributed by atoms with E-state index in [1.807, 2.05) is 0 Å². The van der Waals surface area contributed by atoms with Crippen LogP contribution in [0.3, 0.4) is 0 Å².